The summed E-state index contributed by atoms with van der Waals surface area (Å²) in [4.78, 5) is 2.30. The number of rotatable bonds is 2. The van der Waals surface area contributed by atoms with Crippen LogP contribution in [0.25, 0.3) is 0 Å². The Balaban J connectivity index is 2.23. The number of piperidine rings is 1. The smallest absolute Gasteiger partial charge is 0.0702 e. The first-order valence-corrected chi connectivity index (χ1v) is 6.54. The Morgan fingerprint density at radius 2 is 1.94 bits per heavy atom. The summed E-state index contributed by atoms with van der Waals surface area (Å²) in [6.45, 7) is 6.71. The summed E-state index contributed by atoms with van der Waals surface area (Å²) >= 11 is 6.26. The lowest BCUT2D eigenvalue weighted by molar-refractivity contribution is 0.273. The van der Waals surface area contributed by atoms with Crippen LogP contribution in [0, 0.1) is 5.41 Å². The third-order valence-electron chi connectivity index (χ3n) is 3.67. The van der Waals surface area contributed by atoms with Crippen molar-refractivity contribution >= 4 is 17.3 Å². The van der Waals surface area contributed by atoms with Gasteiger partial charge in [-0.1, -0.05) is 37.6 Å². The second kappa shape index (κ2) is 4.87. The molecule has 0 amide bonds. The summed E-state index contributed by atoms with van der Waals surface area (Å²) < 4.78 is 0. The maximum absolute atomic E-state index is 9.39. The molecule has 3 heteroatoms. The molecule has 0 spiro atoms. The van der Waals surface area contributed by atoms with Crippen molar-refractivity contribution in [2.24, 2.45) is 5.41 Å². The zero-order valence-electron chi connectivity index (χ0n) is 10.5. The SMILES string of the molecule is CC1(C)CCN(c2c(Cl)cccc2CO)CC1. The van der Waals surface area contributed by atoms with Gasteiger partial charge in [-0.15, -0.1) is 0 Å². The predicted molar refractivity (Wildman–Crippen MR) is 72.6 cm³/mol. The molecule has 1 aromatic carbocycles. The highest BCUT2D eigenvalue weighted by atomic mass is 35.5. The minimum absolute atomic E-state index is 0.0514. The van der Waals surface area contributed by atoms with Crippen LogP contribution in [0.1, 0.15) is 32.3 Å². The Labute approximate surface area is 108 Å². The number of halogens is 1. The van der Waals surface area contributed by atoms with Gasteiger partial charge >= 0.3 is 0 Å². The molecule has 0 aromatic heterocycles. The zero-order chi connectivity index (χ0) is 12.5. The largest absolute Gasteiger partial charge is 0.392 e. The second-order valence-corrected chi connectivity index (χ2v) is 5.96. The van der Waals surface area contributed by atoms with E-state index >= 15 is 0 Å². The number of aliphatic hydroxyl groups excluding tert-OH is 1. The number of nitrogens with zero attached hydrogens (tertiary/aromatic N) is 1. The molecule has 0 radical (unpaired) electrons. The van der Waals surface area contributed by atoms with Gasteiger partial charge in [0.25, 0.3) is 0 Å². The average molecular weight is 254 g/mol. The van der Waals surface area contributed by atoms with Gasteiger partial charge in [0, 0.05) is 18.7 Å². The van der Waals surface area contributed by atoms with Crippen LogP contribution in [0.4, 0.5) is 5.69 Å². The van der Waals surface area contributed by atoms with Crippen LogP contribution in [0.2, 0.25) is 5.02 Å². The minimum atomic E-state index is 0.0514. The molecule has 1 saturated heterocycles. The molecule has 2 rings (SSSR count). The molecule has 17 heavy (non-hydrogen) atoms. The molecule has 1 aliphatic heterocycles. The van der Waals surface area contributed by atoms with Crippen LogP contribution in [-0.2, 0) is 6.61 Å². The highest BCUT2D eigenvalue weighted by Crippen LogP contribution is 2.36. The predicted octanol–water partition coefficient (Wildman–Crippen LogP) is 3.46. The summed E-state index contributed by atoms with van der Waals surface area (Å²) in [6, 6.07) is 5.74. The monoisotopic (exact) mass is 253 g/mol. The maximum Gasteiger partial charge on any atom is 0.0702 e. The van der Waals surface area contributed by atoms with Crippen molar-refractivity contribution < 1.29 is 5.11 Å². The van der Waals surface area contributed by atoms with Crippen LogP contribution in [0.5, 0.6) is 0 Å². The fourth-order valence-electron chi connectivity index (χ4n) is 2.38. The summed E-state index contributed by atoms with van der Waals surface area (Å²) in [5.41, 5.74) is 2.38. The van der Waals surface area contributed by atoms with Crippen molar-refractivity contribution in [3.05, 3.63) is 28.8 Å². The number of para-hydroxylation sites is 1. The lowest BCUT2D eigenvalue weighted by atomic mass is 9.82. The van der Waals surface area contributed by atoms with Crippen molar-refractivity contribution in [2.45, 2.75) is 33.3 Å². The third kappa shape index (κ3) is 2.75. The average Bonchev–Trinajstić information content (AvgIpc) is 2.29. The second-order valence-electron chi connectivity index (χ2n) is 5.56. The van der Waals surface area contributed by atoms with Crippen LogP contribution in [-0.4, -0.2) is 18.2 Å². The topological polar surface area (TPSA) is 23.5 Å². The fourth-order valence-corrected chi connectivity index (χ4v) is 2.69. The van der Waals surface area contributed by atoms with Crippen LogP contribution >= 0.6 is 11.6 Å². The van der Waals surface area contributed by atoms with Crippen LogP contribution in [0.3, 0.4) is 0 Å². The summed E-state index contributed by atoms with van der Waals surface area (Å²) in [5, 5.41) is 10.1. The Morgan fingerprint density at radius 3 is 2.53 bits per heavy atom. The molecule has 0 bridgehead atoms. The van der Waals surface area contributed by atoms with Crippen LogP contribution < -0.4 is 4.90 Å². The molecule has 0 saturated carbocycles. The molecule has 0 atom stereocenters. The van der Waals surface area contributed by atoms with Gasteiger partial charge in [0.15, 0.2) is 0 Å². The van der Waals surface area contributed by atoms with E-state index in [2.05, 4.69) is 18.7 Å². The first kappa shape index (κ1) is 12.7. The molecule has 0 aliphatic carbocycles. The third-order valence-corrected chi connectivity index (χ3v) is 3.98. The lowest BCUT2D eigenvalue weighted by Gasteiger charge is -2.39. The number of benzene rings is 1. The van der Waals surface area contributed by atoms with Crippen molar-refractivity contribution in [3.8, 4) is 0 Å². The van der Waals surface area contributed by atoms with E-state index in [1.807, 2.05) is 18.2 Å². The van der Waals surface area contributed by atoms with Gasteiger partial charge in [0.2, 0.25) is 0 Å². The van der Waals surface area contributed by atoms with Gasteiger partial charge in [0.05, 0.1) is 17.3 Å². The lowest BCUT2D eigenvalue weighted by Crippen LogP contribution is -2.37. The molecule has 1 aliphatic rings. The highest BCUT2D eigenvalue weighted by molar-refractivity contribution is 6.33. The van der Waals surface area contributed by atoms with Gasteiger partial charge in [-0.25, -0.2) is 0 Å². The molecule has 94 valence electrons. The standard InChI is InChI=1S/C14H20ClNO/c1-14(2)6-8-16(9-7-14)13-11(10-17)4-3-5-12(13)15/h3-5,17H,6-10H2,1-2H3. The minimum Gasteiger partial charge on any atom is -0.392 e. The van der Waals surface area contributed by atoms with Crippen molar-refractivity contribution in [3.63, 3.8) is 0 Å². The van der Waals surface area contributed by atoms with E-state index in [0.29, 0.717) is 5.41 Å². The fraction of sp³-hybridized carbons (Fsp3) is 0.571. The Kier molecular flexibility index (Phi) is 3.64. The number of hydrogen-bond donors (Lipinski definition) is 1. The number of aliphatic hydroxyl groups is 1. The molecule has 1 N–H and O–H groups in total. The molecular formula is C14H20ClNO. The van der Waals surface area contributed by atoms with Gasteiger partial charge in [-0.3, -0.25) is 0 Å². The van der Waals surface area contributed by atoms with Crippen LogP contribution in [0.15, 0.2) is 18.2 Å². The van der Waals surface area contributed by atoms with E-state index < -0.39 is 0 Å². The van der Waals surface area contributed by atoms with E-state index in [-0.39, 0.29) is 6.61 Å². The molecule has 0 unspecified atom stereocenters. The van der Waals surface area contributed by atoms with Gasteiger partial charge < -0.3 is 10.0 Å². The first-order valence-electron chi connectivity index (χ1n) is 6.17. The number of anilines is 1. The molecule has 1 fully saturated rings. The highest BCUT2D eigenvalue weighted by Gasteiger charge is 2.27. The van der Waals surface area contributed by atoms with Crippen molar-refractivity contribution in [2.75, 3.05) is 18.0 Å². The van der Waals surface area contributed by atoms with E-state index in [1.54, 1.807) is 0 Å². The van der Waals surface area contributed by atoms with E-state index in [9.17, 15) is 5.11 Å². The Hall–Kier alpha value is -0.730. The summed E-state index contributed by atoms with van der Waals surface area (Å²) in [7, 11) is 0. The maximum atomic E-state index is 9.39. The first-order chi connectivity index (χ1) is 8.03. The van der Waals surface area contributed by atoms with E-state index in [1.165, 1.54) is 12.8 Å². The molecule has 1 heterocycles. The van der Waals surface area contributed by atoms with Crippen molar-refractivity contribution in [1.82, 2.24) is 0 Å². The quantitative estimate of drug-likeness (QED) is 0.873. The van der Waals surface area contributed by atoms with E-state index in [0.717, 1.165) is 29.4 Å². The molecule has 1 aromatic rings. The Morgan fingerprint density at radius 1 is 1.29 bits per heavy atom. The van der Waals surface area contributed by atoms with Gasteiger partial charge in [-0.2, -0.15) is 0 Å². The summed E-state index contributed by atoms with van der Waals surface area (Å²) in [5.74, 6) is 0. The zero-order valence-corrected chi connectivity index (χ0v) is 11.3. The molecule has 2 nitrogen and oxygen atoms in total. The van der Waals surface area contributed by atoms with Gasteiger partial charge in [-0.05, 0) is 24.3 Å². The Bertz CT molecular complexity index is 393. The van der Waals surface area contributed by atoms with Crippen molar-refractivity contribution in [1.29, 1.82) is 0 Å². The normalized spacial score (nSPS) is 19.4. The summed E-state index contributed by atoms with van der Waals surface area (Å²) in [6.07, 6.45) is 2.34. The number of hydrogen-bond acceptors (Lipinski definition) is 2. The van der Waals surface area contributed by atoms with E-state index in [4.69, 9.17) is 11.6 Å². The van der Waals surface area contributed by atoms with Gasteiger partial charge in [0.1, 0.15) is 0 Å². The molecular weight excluding hydrogens is 234 g/mol.